The highest BCUT2D eigenvalue weighted by molar-refractivity contribution is 6.30. The summed E-state index contributed by atoms with van der Waals surface area (Å²) in [4.78, 5) is 6.42. The number of hydrogen-bond donors (Lipinski definition) is 0. The summed E-state index contributed by atoms with van der Waals surface area (Å²) in [6.45, 7) is 5.78. The molecule has 0 bridgehead atoms. The molecule has 7 heteroatoms. The van der Waals surface area contributed by atoms with Crippen LogP contribution in [-0.2, 0) is 11.3 Å². The Balaban J connectivity index is 1.48. The average molecular weight is 424 g/mol. The molecule has 1 aliphatic heterocycles. The van der Waals surface area contributed by atoms with Crippen LogP contribution in [0.5, 0.6) is 5.75 Å². The van der Waals surface area contributed by atoms with Crippen LogP contribution in [0.2, 0.25) is 5.02 Å². The van der Waals surface area contributed by atoms with E-state index in [0.717, 1.165) is 16.9 Å². The zero-order chi connectivity index (χ0) is 21.1. The number of rotatable bonds is 5. The minimum absolute atomic E-state index is 0.0610. The fourth-order valence-electron chi connectivity index (χ4n) is 3.51. The Labute approximate surface area is 180 Å². The molecule has 154 valence electrons. The molecule has 0 amide bonds. The van der Waals surface area contributed by atoms with Crippen molar-refractivity contribution in [2.24, 2.45) is 0 Å². The van der Waals surface area contributed by atoms with Gasteiger partial charge in [0.1, 0.15) is 18.4 Å². The van der Waals surface area contributed by atoms with Crippen LogP contribution in [0.1, 0.15) is 25.1 Å². The molecule has 30 heavy (non-hydrogen) atoms. The van der Waals surface area contributed by atoms with E-state index in [1.54, 1.807) is 0 Å². The van der Waals surface area contributed by atoms with Crippen LogP contribution in [0.25, 0.3) is 11.5 Å². The third-order valence-electron chi connectivity index (χ3n) is 4.84. The van der Waals surface area contributed by atoms with Gasteiger partial charge in [0, 0.05) is 23.7 Å². The predicted molar refractivity (Wildman–Crippen MR) is 115 cm³/mol. The van der Waals surface area contributed by atoms with Crippen molar-refractivity contribution >= 4 is 17.5 Å². The molecule has 3 aromatic rings. The van der Waals surface area contributed by atoms with E-state index in [9.17, 15) is 5.26 Å². The number of ether oxygens (including phenoxy) is 2. The molecule has 0 unspecified atom stereocenters. The fourth-order valence-corrected chi connectivity index (χ4v) is 3.63. The number of anilines is 1. The van der Waals surface area contributed by atoms with E-state index >= 15 is 0 Å². The number of hydrogen-bond acceptors (Lipinski definition) is 6. The van der Waals surface area contributed by atoms with Gasteiger partial charge < -0.3 is 18.8 Å². The molecule has 6 nitrogen and oxygen atoms in total. The molecule has 1 aliphatic rings. The lowest BCUT2D eigenvalue weighted by Crippen LogP contribution is -2.45. The zero-order valence-corrected chi connectivity index (χ0v) is 17.6. The molecule has 0 aliphatic carbocycles. The number of morpholine rings is 1. The van der Waals surface area contributed by atoms with Crippen LogP contribution < -0.4 is 9.64 Å². The lowest BCUT2D eigenvalue weighted by atomic mass is 10.2. The number of oxazole rings is 1. The molecule has 1 saturated heterocycles. The van der Waals surface area contributed by atoms with Gasteiger partial charge in [-0.25, -0.2) is 0 Å². The highest BCUT2D eigenvalue weighted by Gasteiger charge is 2.28. The maximum absolute atomic E-state index is 9.52. The Kier molecular flexibility index (Phi) is 5.93. The lowest BCUT2D eigenvalue weighted by Gasteiger charge is -2.34. The second kappa shape index (κ2) is 8.78. The van der Waals surface area contributed by atoms with Gasteiger partial charge in [0.25, 0.3) is 0 Å². The summed E-state index contributed by atoms with van der Waals surface area (Å²) < 4.78 is 17.6. The van der Waals surface area contributed by atoms with Crippen molar-refractivity contribution in [1.29, 1.82) is 5.26 Å². The molecule has 4 rings (SSSR count). The molecular formula is C23H22ClN3O3. The van der Waals surface area contributed by atoms with E-state index in [0.29, 0.717) is 36.5 Å². The summed E-state index contributed by atoms with van der Waals surface area (Å²) in [6.07, 6.45) is 0.122. The molecule has 1 fully saturated rings. The normalized spacial score (nSPS) is 18.8. The standard InChI is InChI=1S/C23H22ClN3O3/c1-15-12-27(13-16(2)29-15)23-21(11-25)26-22(30-23)18-5-9-20(10-6-18)28-14-17-3-7-19(24)8-4-17/h3-10,15-16H,12-14H2,1-2H3/t15-,16+. The SMILES string of the molecule is C[C@@H]1CN(c2oc(-c3ccc(OCc4ccc(Cl)cc4)cc3)nc2C#N)C[C@H](C)O1. The second-order valence-electron chi connectivity index (χ2n) is 7.39. The van der Waals surface area contributed by atoms with Crippen LogP contribution in [0.4, 0.5) is 5.88 Å². The third kappa shape index (κ3) is 4.59. The third-order valence-corrected chi connectivity index (χ3v) is 5.09. The average Bonchev–Trinajstić information content (AvgIpc) is 3.18. The number of nitrogens with zero attached hydrogens (tertiary/aromatic N) is 3. The highest BCUT2D eigenvalue weighted by atomic mass is 35.5. The first-order chi connectivity index (χ1) is 14.5. The molecule has 0 N–H and O–H groups in total. The number of benzene rings is 2. The van der Waals surface area contributed by atoms with E-state index < -0.39 is 0 Å². The molecule has 0 saturated carbocycles. The van der Waals surface area contributed by atoms with Crippen LogP contribution in [-0.4, -0.2) is 30.3 Å². The fraction of sp³-hybridized carbons (Fsp3) is 0.304. The monoisotopic (exact) mass is 423 g/mol. The minimum atomic E-state index is 0.0610. The van der Waals surface area contributed by atoms with Gasteiger partial charge in [0.15, 0.2) is 0 Å². The van der Waals surface area contributed by atoms with E-state index in [4.69, 9.17) is 25.5 Å². The Morgan fingerprint density at radius 2 is 1.77 bits per heavy atom. The summed E-state index contributed by atoms with van der Waals surface area (Å²) in [6, 6.07) is 17.2. The summed E-state index contributed by atoms with van der Waals surface area (Å²) in [7, 11) is 0. The molecule has 1 aromatic heterocycles. The minimum Gasteiger partial charge on any atom is -0.489 e. The van der Waals surface area contributed by atoms with Crippen molar-refractivity contribution in [3.05, 3.63) is 64.8 Å². The van der Waals surface area contributed by atoms with E-state index in [1.165, 1.54) is 0 Å². The summed E-state index contributed by atoms with van der Waals surface area (Å²) in [5.41, 5.74) is 2.11. The zero-order valence-electron chi connectivity index (χ0n) is 16.8. The summed E-state index contributed by atoms with van der Waals surface area (Å²) >= 11 is 5.91. The van der Waals surface area contributed by atoms with E-state index in [2.05, 4.69) is 11.1 Å². The van der Waals surface area contributed by atoms with Gasteiger partial charge in [0.05, 0.1) is 12.2 Å². The maximum atomic E-state index is 9.52. The van der Waals surface area contributed by atoms with E-state index in [1.807, 2.05) is 67.3 Å². The van der Waals surface area contributed by atoms with Crippen molar-refractivity contribution in [2.45, 2.75) is 32.7 Å². The largest absolute Gasteiger partial charge is 0.489 e. The maximum Gasteiger partial charge on any atom is 0.235 e. The van der Waals surface area contributed by atoms with Gasteiger partial charge in [-0.2, -0.15) is 10.2 Å². The van der Waals surface area contributed by atoms with Crippen LogP contribution in [0.3, 0.4) is 0 Å². The highest BCUT2D eigenvalue weighted by Crippen LogP contribution is 2.31. The smallest absolute Gasteiger partial charge is 0.235 e. The summed E-state index contributed by atoms with van der Waals surface area (Å²) in [5.74, 6) is 1.65. The molecule has 2 atom stereocenters. The van der Waals surface area contributed by atoms with Gasteiger partial charge in [-0.05, 0) is 55.8 Å². The second-order valence-corrected chi connectivity index (χ2v) is 7.82. The van der Waals surface area contributed by atoms with Crippen LogP contribution in [0.15, 0.2) is 52.9 Å². The van der Waals surface area contributed by atoms with Crippen molar-refractivity contribution < 1.29 is 13.9 Å². The van der Waals surface area contributed by atoms with Crippen LogP contribution in [0, 0.1) is 11.3 Å². The number of aromatic nitrogens is 1. The van der Waals surface area contributed by atoms with Gasteiger partial charge in [-0.15, -0.1) is 0 Å². The van der Waals surface area contributed by atoms with Gasteiger partial charge in [-0.3, -0.25) is 0 Å². The van der Waals surface area contributed by atoms with E-state index in [-0.39, 0.29) is 17.9 Å². The molecule has 0 radical (unpaired) electrons. The topological polar surface area (TPSA) is 71.5 Å². The first kappa shape index (κ1) is 20.3. The number of halogens is 1. The molecule has 2 aromatic carbocycles. The Hall–Kier alpha value is -3.01. The van der Waals surface area contributed by atoms with Crippen molar-refractivity contribution in [2.75, 3.05) is 18.0 Å². The Morgan fingerprint density at radius 3 is 2.40 bits per heavy atom. The Morgan fingerprint density at radius 1 is 1.10 bits per heavy atom. The number of nitriles is 1. The predicted octanol–water partition coefficient (Wildman–Crippen LogP) is 5.06. The van der Waals surface area contributed by atoms with Gasteiger partial charge in [-0.1, -0.05) is 23.7 Å². The van der Waals surface area contributed by atoms with Gasteiger partial charge >= 0.3 is 0 Å². The molecular weight excluding hydrogens is 402 g/mol. The van der Waals surface area contributed by atoms with Gasteiger partial charge in [0.2, 0.25) is 17.5 Å². The first-order valence-corrected chi connectivity index (χ1v) is 10.2. The molecule has 0 spiro atoms. The molecule has 2 heterocycles. The quantitative estimate of drug-likeness (QED) is 0.571. The Bertz CT molecular complexity index is 1030. The van der Waals surface area contributed by atoms with Crippen molar-refractivity contribution in [3.63, 3.8) is 0 Å². The van der Waals surface area contributed by atoms with Crippen molar-refractivity contribution in [3.8, 4) is 23.3 Å². The lowest BCUT2D eigenvalue weighted by molar-refractivity contribution is -0.00638. The van der Waals surface area contributed by atoms with Crippen LogP contribution >= 0.6 is 11.6 Å². The summed E-state index contributed by atoms with van der Waals surface area (Å²) in [5, 5.41) is 10.2. The first-order valence-electron chi connectivity index (χ1n) is 9.81. The van der Waals surface area contributed by atoms with Crippen molar-refractivity contribution in [1.82, 2.24) is 4.98 Å².